The summed E-state index contributed by atoms with van der Waals surface area (Å²) in [5.74, 6) is 0. The molecule has 0 aromatic heterocycles. The lowest BCUT2D eigenvalue weighted by Crippen LogP contribution is -2.53. The van der Waals surface area contributed by atoms with E-state index in [1.54, 1.807) is 4.90 Å². The molecule has 1 heterocycles. The van der Waals surface area contributed by atoms with Gasteiger partial charge in [0, 0.05) is 32.2 Å². The monoisotopic (exact) mass is 247 g/mol. The van der Waals surface area contributed by atoms with Gasteiger partial charge < -0.3 is 10.6 Å². The summed E-state index contributed by atoms with van der Waals surface area (Å²) in [6.07, 6.45) is 1.05. The van der Waals surface area contributed by atoms with E-state index in [4.69, 9.17) is 5.73 Å². The van der Waals surface area contributed by atoms with Crippen LogP contribution in [0, 0.1) is 0 Å². The van der Waals surface area contributed by atoms with Gasteiger partial charge in [0.05, 0.1) is 0 Å². The van der Waals surface area contributed by atoms with Gasteiger partial charge in [-0.2, -0.15) is 0 Å². The van der Waals surface area contributed by atoms with Crippen molar-refractivity contribution in [1.82, 2.24) is 9.80 Å². The Hall–Kier alpha value is -1.55. The third kappa shape index (κ3) is 3.23. The van der Waals surface area contributed by atoms with Crippen LogP contribution in [0.4, 0.5) is 4.79 Å². The highest BCUT2D eigenvalue weighted by Gasteiger charge is 2.22. The maximum absolute atomic E-state index is 11.1. The number of nitrogens with two attached hydrogens (primary N) is 1. The van der Waals surface area contributed by atoms with Crippen molar-refractivity contribution in [3.05, 3.63) is 35.9 Å². The van der Waals surface area contributed by atoms with Gasteiger partial charge >= 0.3 is 6.03 Å². The fraction of sp³-hybridized carbons (Fsp3) is 0.500. The van der Waals surface area contributed by atoms with Crippen LogP contribution in [0.15, 0.2) is 30.3 Å². The largest absolute Gasteiger partial charge is 0.351 e. The predicted molar refractivity (Wildman–Crippen MR) is 72.3 cm³/mol. The number of carbonyl (C=O) groups excluding carboxylic acids is 1. The Morgan fingerprint density at radius 3 is 2.39 bits per heavy atom. The summed E-state index contributed by atoms with van der Waals surface area (Å²) in [6.45, 7) is 5.56. The van der Waals surface area contributed by atoms with Gasteiger partial charge in [-0.1, -0.05) is 30.3 Å². The first-order valence-corrected chi connectivity index (χ1v) is 6.49. The van der Waals surface area contributed by atoms with E-state index >= 15 is 0 Å². The zero-order valence-corrected chi connectivity index (χ0v) is 10.9. The lowest BCUT2D eigenvalue weighted by atomic mass is 10.1. The second kappa shape index (κ2) is 5.87. The molecule has 98 valence electrons. The Labute approximate surface area is 108 Å². The standard InChI is InChI=1S/C14H21N3O/c1-12(11-13-5-3-2-4-6-13)16-7-9-17(10-8-16)14(15)18/h2-6,12H,7-11H2,1H3,(H2,15,18). The van der Waals surface area contributed by atoms with Crippen LogP contribution in [0.2, 0.25) is 0 Å². The van der Waals surface area contributed by atoms with E-state index in [2.05, 4.69) is 36.1 Å². The van der Waals surface area contributed by atoms with Crippen LogP contribution in [0.1, 0.15) is 12.5 Å². The van der Waals surface area contributed by atoms with Crippen molar-refractivity contribution in [3.63, 3.8) is 0 Å². The topological polar surface area (TPSA) is 49.6 Å². The molecule has 4 nitrogen and oxygen atoms in total. The molecule has 0 bridgehead atoms. The van der Waals surface area contributed by atoms with E-state index in [1.165, 1.54) is 5.56 Å². The van der Waals surface area contributed by atoms with Crippen molar-refractivity contribution >= 4 is 6.03 Å². The van der Waals surface area contributed by atoms with Crippen LogP contribution in [-0.2, 0) is 6.42 Å². The van der Waals surface area contributed by atoms with E-state index in [9.17, 15) is 4.79 Å². The Bertz CT molecular complexity index is 385. The number of amides is 2. The zero-order valence-electron chi connectivity index (χ0n) is 10.9. The van der Waals surface area contributed by atoms with Crippen LogP contribution in [0.5, 0.6) is 0 Å². The highest BCUT2D eigenvalue weighted by molar-refractivity contribution is 5.72. The molecule has 0 aliphatic carbocycles. The molecule has 1 fully saturated rings. The average molecular weight is 247 g/mol. The number of carbonyl (C=O) groups is 1. The number of urea groups is 1. The van der Waals surface area contributed by atoms with Crippen LogP contribution in [0.3, 0.4) is 0 Å². The van der Waals surface area contributed by atoms with E-state index in [0.29, 0.717) is 6.04 Å². The van der Waals surface area contributed by atoms with Crippen LogP contribution in [0.25, 0.3) is 0 Å². The minimum absolute atomic E-state index is 0.301. The highest BCUT2D eigenvalue weighted by Crippen LogP contribution is 2.11. The summed E-state index contributed by atoms with van der Waals surface area (Å²) >= 11 is 0. The molecule has 1 unspecified atom stereocenters. The molecule has 0 radical (unpaired) electrons. The van der Waals surface area contributed by atoms with E-state index in [1.807, 2.05) is 6.07 Å². The van der Waals surface area contributed by atoms with Gasteiger partial charge in [-0.15, -0.1) is 0 Å². The first-order chi connectivity index (χ1) is 8.66. The van der Waals surface area contributed by atoms with Gasteiger partial charge in [0.25, 0.3) is 0 Å². The Kier molecular flexibility index (Phi) is 4.20. The average Bonchev–Trinajstić information content (AvgIpc) is 2.40. The number of hydrogen-bond donors (Lipinski definition) is 1. The number of primary amides is 1. The summed E-state index contributed by atoms with van der Waals surface area (Å²) in [6, 6.07) is 10.7. The minimum Gasteiger partial charge on any atom is -0.351 e. The quantitative estimate of drug-likeness (QED) is 0.875. The van der Waals surface area contributed by atoms with Crippen molar-refractivity contribution < 1.29 is 4.79 Å². The smallest absolute Gasteiger partial charge is 0.314 e. The third-order valence-corrected chi connectivity index (χ3v) is 3.62. The summed E-state index contributed by atoms with van der Waals surface area (Å²) in [5, 5.41) is 0. The molecule has 18 heavy (non-hydrogen) atoms. The van der Waals surface area contributed by atoms with Crippen LogP contribution in [-0.4, -0.2) is 48.1 Å². The molecule has 2 amide bonds. The normalized spacial score (nSPS) is 18.6. The zero-order chi connectivity index (χ0) is 13.0. The van der Waals surface area contributed by atoms with Crippen molar-refractivity contribution in [2.45, 2.75) is 19.4 Å². The minimum atomic E-state index is -0.301. The van der Waals surface area contributed by atoms with Gasteiger partial charge in [0.1, 0.15) is 0 Å². The molecule has 1 saturated heterocycles. The van der Waals surface area contributed by atoms with Gasteiger partial charge in [-0.05, 0) is 18.9 Å². The van der Waals surface area contributed by atoms with Crippen LogP contribution >= 0.6 is 0 Å². The summed E-state index contributed by atoms with van der Waals surface area (Å²) in [5.41, 5.74) is 6.64. The third-order valence-electron chi connectivity index (χ3n) is 3.62. The molecular formula is C14H21N3O. The molecule has 0 saturated carbocycles. The number of benzene rings is 1. The molecule has 1 aromatic carbocycles. The lowest BCUT2D eigenvalue weighted by Gasteiger charge is -2.37. The predicted octanol–water partition coefficient (Wildman–Crippen LogP) is 1.31. The Morgan fingerprint density at radius 1 is 1.22 bits per heavy atom. The van der Waals surface area contributed by atoms with Gasteiger partial charge in [0.2, 0.25) is 0 Å². The molecular weight excluding hydrogens is 226 g/mol. The van der Waals surface area contributed by atoms with Crippen molar-refractivity contribution in [1.29, 1.82) is 0 Å². The first kappa shape index (κ1) is 12.9. The fourth-order valence-electron chi connectivity index (χ4n) is 2.47. The van der Waals surface area contributed by atoms with Crippen LogP contribution < -0.4 is 5.73 Å². The Balaban J connectivity index is 1.84. The molecule has 1 atom stereocenters. The van der Waals surface area contributed by atoms with E-state index in [-0.39, 0.29) is 6.03 Å². The number of piperazine rings is 1. The fourth-order valence-corrected chi connectivity index (χ4v) is 2.47. The molecule has 2 rings (SSSR count). The first-order valence-electron chi connectivity index (χ1n) is 6.49. The second-order valence-corrected chi connectivity index (χ2v) is 4.90. The molecule has 1 aliphatic rings. The molecule has 4 heteroatoms. The van der Waals surface area contributed by atoms with Gasteiger partial charge in [-0.25, -0.2) is 4.79 Å². The molecule has 1 aliphatic heterocycles. The second-order valence-electron chi connectivity index (χ2n) is 4.90. The van der Waals surface area contributed by atoms with E-state index < -0.39 is 0 Å². The highest BCUT2D eigenvalue weighted by atomic mass is 16.2. The lowest BCUT2D eigenvalue weighted by molar-refractivity contribution is 0.117. The van der Waals surface area contributed by atoms with Gasteiger partial charge in [0.15, 0.2) is 0 Å². The summed E-state index contributed by atoms with van der Waals surface area (Å²) in [4.78, 5) is 15.2. The number of rotatable bonds is 3. The van der Waals surface area contributed by atoms with Crippen molar-refractivity contribution in [3.8, 4) is 0 Å². The van der Waals surface area contributed by atoms with Gasteiger partial charge in [-0.3, -0.25) is 4.90 Å². The summed E-state index contributed by atoms with van der Waals surface area (Å²) < 4.78 is 0. The maximum atomic E-state index is 11.1. The molecule has 2 N–H and O–H groups in total. The van der Waals surface area contributed by atoms with Crippen molar-refractivity contribution in [2.75, 3.05) is 26.2 Å². The number of nitrogens with zero attached hydrogens (tertiary/aromatic N) is 2. The molecule has 0 spiro atoms. The molecule has 1 aromatic rings. The summed E-state index contributed by atoms with van der Waals surface area (Å²) in [7, 11) is 0. The van der Waals surface area contributed by atoms with Crippen molar-refractivity contribution in [2.24, 2.45) is 5.73 Å². The SMILES string of the molecule is CC(Cc1ccccc1)N1CCN(C(N)=O)CC1. The Morgan fingerprint density at radius 2 is 1.83 bits per heavy atom. The number of hydrogen-bond acceptors (Lipinski definition) is 2. The van der Waals surface area contributed by atoms with E-state index in [0.717, 1.165) is 32.6 Å². The maximum Gasteiger partial charge on any atom is 0.314 e.